The van der Waals surface area contributed by atoms with Gasteiger partial charge < -0.3 is 5.73 Å². The molecule has 1 aliphatic rings. The molecule has 2 atom stereocenters. The van der Waals surface area contributed by atoms with Crippen LogP contribution >= 0.6 is 0 Å². The molecule has 0 saturated carbocycles. The molecule has 1 aliphatic heterocycles. The van der Waals surface area contributed by atoms with Gasteiger partial charge in [0.2, 0.25) is 5.91 Å². The number of carbonyl (C=O) groups excluding carboxylic acids is 1. The summed E-state index contributed by atoms with van der Waals surface area (Å²) in [4.78, 5) is 19.4. The lowest BCUT2D eigenvalue weighted by Crippen LogP contribution is -2.52. The second-order valence-electron chi connectivity index (χ2n) is 7.63. The summed E-state index contributed by atoms with van der Waals surface area (Å²) < 4.78 is 0. The Balaban J connectivity index is 1.83. The molecule has 0 aliphatic carbocycles. The Morgan fingerprint density at radius 2 is 1.67 bits per heavy atom. The fourth-order valence-electron chi connectivity index (χ4n) is 4.03. The lowest BCUT2D eigenvalue weighted by molar-refractivity contribution is -0.130. The minimum Gasteiger partial charge on any atom is -0.369 e. The van der Waals surface area contributed by atoms with Gasteiger partial charge in [0.05, 0.1) is 17.6 Å². The number of hydrogen-bond acceptors (Lipinski definition) is 4. The molecule has 5 nitrogen and oxygen atoms in total. The van der Waals surface area contributed by atoms with Gasteiger partial charge in [-0.05, 0) is 41.3 Å². The maximum absolute atomic E-state index is 13.3. The summed E-state index contributed by atoms with van der Waals surface area (Å²) in [6, 6.07) is 27.5. The molecule has 0 bridgehead atoms. The van der Waals surface area contributed by atoms with E-state index in [2.05, 4.69) is 18.2 Å². The van der Waals surface area contributed by atoms with Crippen LogP contribution in [0.4, 0.5) is 0 Å². The van der Waals surface area contributed by atoms with Crippen LogP contribution in [0.2, 0.25) is 0 Å². The molecule has 2 N–H and O–H groups in total. The lowest BCUT2D eigenvalue weighted by atomic mass is 9.74. The van der Waals surface area contributed by atoms with Crippen molar-refractivity contribution in [2.24, 2.45) is 10.7 Å². The summed E-state index contributed by atoms with van der Waals surface area (Å²) in [5.41, 5.74) is 9.51. The number of amides is 1. The number of hydrogen-bond donors (Lipinski definition) is 1. The third kappa shape index (κ3) is 3.23. The van der Waals surface area contributed by atoms with Gasteiger partial charge in [-0.2, -0.15) is 5.26 Å². The molecule has 1 amide bonds. The average molecular weight is 394 g/mol. The standard InChI is InChI=1S/C25H22N4O/c1-25(21-10-6-7-17(15-21)16-26)22(23(30)29(2)24(27)28-25)20-13-11-19(12-14-20)18-8-4-3-5-9-18/h3-15,22H,1-2H3,(H2,27,28)/t22-,25+/m0/s1. The minimum absolute atomic E-state index is 0.125. The SMILES string of the molecule is CN1C(=O)[C@H](c2ccc(-c3ccccc3)cc2)[C@@](C)(c2cccc(C#N)c2)N=C1N. The van der Waals surface area contributed by atoms with Gasteiger partial charge in [-0.25, -0.2) is 4.99 Å². The fourth-order valence-corrected chi connectivity index (χ4v) is 4.03. The lowest BCUT2D eigenvalue weighted by Gasteiger charge is -2.41. The van der Waals surface area contributed by atoms with Crippen LogP contribution < -0.4 is 5.73 Å². The molecule has 0 radical (unpaired) electrons. The molecule has 148 valence electrons. The molecule has 5 heteroatoms. The first-order valence-corrected chi connectivity index (χ1v) is 9.73. The number of benzene rings is 3. The van der Waals surface area contributed by atoms with E-state index in [1.165, 1.54) is 4.90 Å². The van der Waals surface area contributed by atoms with E-state index in [0.29, 0.717) is 5.56 Å². The highest BCUT2D eigenvalue weighted by molar-refractivity contribution is 6.02. The van der Waals surface area contributed by atoms with E-state index >= 15 is 0 Å². The Morgan fingerprint density at radius 1 is 1.00 bits per heavy atom. The molecule has 0 unspecified atom stereocenters. The topological polar surface area (TPSA) is 82.5 Å². The second-order valence-corrected chi connectivity index (χ2v) is 7.63. The third-order valence-electron chi connectivity index (χ3n) is 5.76. The fraction of sp³-hybridized carbons (Fsp3) is 0.160. The van der Waals surface area contributed by atoms with Gasteiger partial charge in [-0.3, -0.25) is 9.69 Å². The highest BCUT2D eigenvalue weighted by Gasteiger charge is 2.47. The van der Waals surface area contributed by atoms with Crippen LogP contribution in [0.5, 0.6) is 0 Å². The average Bonchev–Trinajstić information content (AvgIpc) is 2.79. The van der Waals surface area contributed by atoms with Crippen LogP contribution in [-0.4, -0.2) is 23.8 Å². The molecule has 0 spiro atoms. The smallest absolute Gasteiger partial charge is 0.239 e. The van der Waals surface area contributed by atoms with E-state index < -0.39 is 11.5 Å². The summed E-state index contributed by atoms with van der Waals surface area (Å²) in [5, 5.41) is 9.33. The number of guanidine groups is 1. The van der Waals surface area contributed by atoms with Crippen molar-refractivity contribution in [3.8, 4) is 17.2 Å². The van der Waals surface area contributed by atoms with Crippen LogP contribution in [0.15, 0.2) is 83.9 Å². The van der Waals surface area contributed by atoms with Gasteiger partial charge in [0.15, 0.2) is 5.96 Å². The molecule has 0 fully saturated rings. The van der Waals surface area contributed by atoms with Crippen molar-refractivity contribution in [2.45, 2.75) is 18.4 Å². The number of nitrogens with two attached hydrogens (primary N) is 1. The van der Waals surface area contributed by atoms with Crippen LogP contribution in [0, 0.1) is 11.3 Å². The van der Waals surface area contributed by atoms with Gasteiger partial charge in [-0.1, -0.05) is 66.7 Å². The maximum Gasteiger partial charge on any atom is 0.239 e. The van der Waals surface area contributed by atoms with Gasteiger partial charge >= 0.3 is 0 Å². The normalized spacial score (nSPS) is 21.1. The zero-order valence-electron chi connectivity index (χ0n) is 16.9. The quantitative estimate of drug-likeness (QED) is 0.729. The van der Waals surface area contributed by atoms with E-state index in [9.17, 15) is 10.1 Å². The van der Waals surface area contributed by atoms with Gasteiger partial charge in [0.25, 0.3) is 0 Å². The summed E-state index contributed by atoms with van der Waals surface area (Å²) in [6.07, 6.45) is 0. The molecular formula is C25H22N4O. The summed E-state index contributed by atoms with van der Waals surface area (Å²) in [6.45, 7) is 1.90. The van der Waals surface area contributed by atoms with Crippen molar-refractivity contribution in [3.63, 3.8) is 0 Å². The van der Waals surface area contributed by atoms with Crippen molar-refractivity contribution in [1.82, 2.24) is 4.90 Å². The predicted octanol–water partition coefficient (Wildman–Crippen LogP) is 4.01. The van der Waals surface area contributed by atoms with E-state index in [1.54, 1.807) is 19.2 Å². The summed E-state index contributed by atoms with van der Waals surface area (Å²) in [7, 11) is 1.64. The number of likely N-dealkylation sites (N-methyl/N-ethyl adjacent to an activating group) is 1. The van der Waals surface area contributed by atoms with Gasteiger partial charge in [0.1, 0.15) is 5.54 Å². The molecule has 30 heavy (non-hydrogen) atoms. The third-order valence-corrected chi connectivity index (χ3v) is 5.76. The van der Waals surface area contributed by atoms with Crippen LogP contribution in [-0.2, 0) is 10.3 Å². The summed E-state index contributed by atoms with van der Waals surface area (Å²) >= 11 is 0. The number of nitrogens with zero attached hydrogens (tertiary/aromatic N) is 3. The number of nitriles is 1. The molecule has 3 aromatic carbocycles. The molecule has 4 rings (SSSR count). The molecular weight excluding hydrogens is 372 g/mol. The van der Waals surface area contributed by atoms with Crippen molar-refractivity contribution in [1.29, 1.82) is 5.26 Å². The Hall–Kier alpha value is -3.91. The van der Waals surface area contributed by atoms with E-state index in [4.69, 9.17) is 10.7 Å². The van der Waals surface area contributed by atoms with Gasteiger partial charge in [0, 0.05) is 7.05 Å². The van der Waals surface area contributed by atoms with Crippen molar-refractivity contribution >= 4 is 11.9 Å². The number of rotatable bonds is 3. The molecule has 0 saturated heterocycles. The Morgan fingerprint density at radius 3 is 2.33 bits per heavy atom. The van der Waals surface area contributed by atoms with Crippen molar-refractivity contribution in [3.05, 3.63) is 95.6 Å². The molecule has 3 aromatic rings. The number of carbonyl (C=O) groups is 1. The Kier molecular flexibility index (Phi) is 4.85. The summed E-state index contributed by atoms with van der Waals surface area (Å²) in [5.74, 6) is -0.518. The molecule has 1 heterocycles. The van der Waals surface area contributed by atoms with Crippen LogP contribution in [0.3, 0.4) is 0 Å². The van der Waals surface area contributed by atoms with Crippen molar-refractivity contribution < 1.29 is 4.79 Å². The largest absolute Gasteiger partial charge is 0.369 e. The van der Waals surface area contributed by atoms with Crippen molar-refractivity contribution in [2.75, 3.05) is 7.05 Å². The first-order chi connectivity index (χ1) is 14.4. The highest BCUT2D eigenvalue weighted by Crippen LogP contribution is 2.44. The molecule has 0 aromatic heterocycles. The Bertz CT molecular complexity index is 1160. The first-order valence-electron chi connectivity index (χ1n) is 9.73. The highest BCUT2D eigenvalue weighted by atomic mass is 16.2. The van der Waals surface area contributed by atoms with Gasteiger partial charge in [-0.15, -0.1) is 0 Å². The van der Waals surface area contributed by atoms with Crippen LogP contribution in [0.1, 0.15) is 29.5 Å². The monoisotopic (exact) mass is 394 g/mol. The first kappa shape index (κ1) is 19.4. The zero-order chi connectivity index (χ0) is 21.3. The second kappa shape index (κ2) is 7.49. The minimum atomic E-state index is -0.922. The Labute approximate surface area is 176 Å². The number of aliphatic imine (C=N–C) groups is 1. The van der Waals surface area contributed by atoms with E-state index in [-0.39, 0.29) is 11.9 Å². The van der Waals surface area contributed by atoms with E-state index in [1.807, 2.05) is 61.5 Å². The van der Waals surface area contributed by atoms with E-state index in [0.717, 1.165) is 22.3 Å². The maximum atomic E-state index is 13.3. The zero-order valence-corrected chi connectivity index (χ0v) is 16.9. The predicted molar refractivity (Wildman–Crippen MR) is 118 cm³/mol. The van der Waals surface area contributed by atoms with Crippen LogP contribution in [0.25, 0.3) is 11.1 Å².